The summed E-state index contributed by atoms with van der Waals surface area (Å²) in [7, 11) is 0. The van der Waals surface area contributed by atoms with Gasteiger partial charge in [-0.15, -0.1) is 0 Å². The van der Waals surface area contributed by atoms with Crippen molar-refractivity contribution in [3.8, 4) is 0 Å². The number of hydrogen-bond donors (Lipinski definition) is 2. The van der Waals surface area contributed by atoms with E-state index < -0.39 is 11.4 Å². The second kappa shape index (κ2) is 9.22. The smallest absolute Gasteiger partial charge is 0.274 e. The van der Waals surface area contributed by atoms with E-state index in [0.29, 0.717) is 18.0 Å². The molecule has 2 N–H and O–H groups in total. The van der Waals surface area contributed by atoms with Crippen LogP contribution in [0.2, 0.25) is 5.02 Å². The highest BCUT2D eigenvalue weighted by atomic mass is 35.5. The van der Waals surface area contributed by atoms with Gasteiger partial charge in [0.15, 0.2) is 5.69 Å². The third-order valence-electron chi connectivity index (χ3n) is 6.52. The minimum absolute atomic E-state index is 0.0444. The Labute approximate surface area is 207 Å². The summed E-state index contributed by atoms with van der Waals surface area (Å²) in [6, 6.07) is 10.9. The molecule has 3 amide bonds. The lowest BCUT2D eigenvalue weighted by Gasteiger charge is -2.44. The first-order chi connectivity index (χ1) is 16.9. The zero-order valence-electron chi connectivity index (χ0n) is 19.3. The van der Waals surface area contributed by atoms with Crippen LogP contribution in [0.5, 0.6) is 0 Å². The molecular weight excluding hydrogens is 470 g/mol. The molecule has 1 aliphatic heterocycles. The van der Waals surface area contributed by atoms with Crippen LogP contribution >= 0.6 is 11.6 Å². The number of halogens is 1. The molecule has 0 radical (unpaired) electrons. The second-order valence-corrected chi connectivity index (χ2v) is 9.52. The lowest BCUT2D eigenvalue weighted by molar-refractivity contribution is -0.133. The van der Waals surface area contributed by atoms with E-state index in [2.05, 4.69) is 15.6 Å². The molecule has 1 fully saturated rings. The van der Waals surface area contributed by atoms with Gasteiger partial charge in [0.25, 0.3) is 11.8 Å². The fraction of sp³-hybridized carbons (Fsp3) is 0.360. The van der Waals surface area contributed by atoms with Crippen LogP contribution in [0.1, 0.15) is 52.1 Å². The summed E-state index contributed by atoms with van der Waals surface area (Å²) in [6.07, 6.45) is 5.20. The Bertz CT molecular complexity index is 1270. The van der Waals surface area contributed by atoms with Gasteiger partial charge in [-0.3, -0.25) is 14.4 Å². The molecule has 35 heavy (non-hydrogen) atoms. The van der Waals surface area contributed by atoms with E-state index in [0.717, 1.165) is 24.2 Å². The van der Waals surface area contributed by atoms with Gasteiger partial charge in [0, 0.05) is 30.6 Å². The number of fused-ring (bicyclic) bond motifs is 1. The van der Waals surface area contributed by atoms with E-state index in [4.69, 9.17) is 16.0 Å². The molecule has 0 bridgehead atoms. The number of rotatable bonds is 8. The highest BCUT2D eigenvalue weighted by Crippen LogP contribution is 2.39. The van der Waals surface area contributed by atoms with E-state index in [1.54, 1.807) is 34.8 Å². The van der Waals surface area contributed by atoms with Crippen molar-refractivity contribution in [3.05, 3.63) is 76.7 Å². The molecule has 0 spiro atoms. The summed E-state index contributed by atoms with van der Waals surface area (Å²) in [5, 5.41) is 6.32. The first-order valence-corrected chi connectivity index (χ1v) is 12.0. The number of carbonyl (C=O) groups excluding carboxylic acids is 3. The van der Waals surface area contributed by atoms with E-state index in [1.807, 2.05) is 24.3 Å². The van der Waals surface area contributed by atoms with Gasteiger partial charge < -0.3 is 24.5 Å². The maximum absolute atomic E-state index is 13.7. The highest BCUT2D eigenvalue weighted by molar-refractivity contribution is 6.31. The van der Waals surface area contributed by atoms with E-state index in [1.165, 1.54) is 6.33 Å². The van der Waals surface area contributed by atoms with Gasteiger partial charge >= 0.3 is 0 Å². The number of carbonyl (C=O) groups is 3. The van der Waals surface area contributed by atoms with Gasteiger partial charge in [0.2, 0.25) is 5.91 Å². The van der Waals surface area contributed by atoms with Crippen LogP contribution < -0.4 is 10.6 Å². The number of hydrogen-bond acceptors (Lipinski definition) is 5. The normalized spacial score (nSPS) is 19.4. The highest BCUT2D eigenvalue weighted by Gasteiger charge is 2.53. The molecule has 2 aliphatic rings. The molecule has 3 heterocycles. The molecule has 182 valence electrons. The molecule has 1 saturated carbocycles. The van der Waals surface area contributed by atoms with Crippen LogP contribution in [-0.4, -0.2) is 50.3 Å². The summed E-state index contributed by atoms with van der Waals surface area (Å²) in [5.41, 5.74) is -0.0503. The maximum atomic E-state index is 13.7. The summed E-state index contributed by atoms with van der Waals surface area (Å²) < 4.78 is 6.89. The summed E-state index contributed by atoms with van der Waals surface area (Å²) in [6.45, 7) is 2.56. The number of aromatic nitrogens is 2. The average Bonchev–Trinajstić information content (AvgIpc) is 3.35. The van der Waals surface area contributed by atoms with Crippen molar-refractivity contribution < 1.29 is 18.8 Å². The SMILES string of the molecule is C[C@@]1(C(=O)NCc2ccccc2Cl)Cn2cnc(C(=O)NCCc3ccco3)c2C(=O)N1C1CC1. The van der Waals surface area contributed by atoms with Gasteiger partial charge in [0.1, 0.15) is 17.0 Å². The predicted octanol–water partition coefficient (Wildman–Crippen LogP) is 2.80. The number of furan rings is 1. The molecular formula is C25H26ClN5O4. The first kappa shape index (κ1) is 23.2. The quantitative estimate of drug-likeness (QED) is 0.499. The van der Waals surface area contributed by atoms with Gasteiger partial charge in [-0.2, -0.15) is 0 Å². The van der Waals surface area contributed by atoms with Crippen molar-refractivity contribution >= 4 is 29.3 Å². The molecule has 5 rings (SSSR count). The van der Waals surface area contributed by atoms with Crippen LogP contribution in [0.3, 0.4) is 0 Å². The number of amides is 3. The van der Waals surface area contributed by atoms with Crippen molar-refractivity contribution in [1.82, 2.24) is 25.1 Å². The standard InChI is InChI=1S/C25H26ClN5O4/c1-25(24(34)28-13-16-5-2-3-7-19(16)26)14-30-15-29-20(21(30)23(33)31(25)17-8-9-17)22(32)27-11-10-18-6-4-12-35-18/h2-7,12,15,17H,8-11,13-14H2,1H3,(H,27,32)(H,28,34)/t25-/m0/s1. The predicted molar refractivity (Wildman–Crippen MR) is 128 cm³/mol. The fourth-order valence-electron chi connectivity index (χ4n) is 4.57. The summed E-state index contributed by atoms with van der Waals surface area (Å²) in [5.74, 6) is -0.308. The Morgan fingerprint density at radius 1 is 1.20 bits per heavy atom. The number of benzene rings is 1. The van der Waals surface area contributed by atoms with Crippen LogP contribution in [0.4, 0.5) is 0 Å². The molecule has 0 saturated heterocycles. The zero-order chi connectivity index (χ0) is 24.6. The van der Waals surface area contributed by atoms with E-state index in [9.17, 15) is 14.4 Å². The van der Waals surface area contributed by atoms with Crippen LogP contribution in [0.25, 0.3) is 0 Å². The van der Waals surface area contributed by atoms with Crippen LogP contribution in [0, 0.1) is 0 Å². The first-order valence-electron chi connectivity index (χ1n) is 11.6. The average molecular weight is 496 g/mol. The Morgan fingerprint density at radius 2 is 2.00 bits per heavy atom. The maximum Gasteiger partial charge on any atom is 0.274 e. The molecule has 10 heteroatoms. The molecule has 9 nitrogen and oxygen atoms in total. The third-order valence-corrected chi connectivity index (χ3v) is 6.89. The summed E-state index contributed by atoms with van der Waals surface area (Å²) >= 11 is 6.23. The number of imidazole rings is 1. The Balaban J connectivity index is 1.34. The lowest BCUT2D eigenvalue weighted by Crippen LogP contribution is -2.64. The molecule has 1 aromatic carbocycles. The largest absolute Gasteiger partial charge is 0.469 e. The van der Waals surface area contributed by atoms with Crippen LogP contribution in [0.15, 0.2) is 53.4 Å². The fourth-order valence-corrected chi connectivity index (χ4v) is 4.77. The van der Waals surface area contributed by atoms with E-state index in [-0.39, 0.29) is 42.3 Å². The monoisotopic (exact) mass is 495 g/mol. The molecule has 1 aliphatic carbocycles. The topological polar surface area (TPSA) is 109 Å². The minimum Gasteiger partial charge on any atom is -0.469 e. The number of nitrogens with one attached hydrogen (secondary N) is 2. The third kappa shape index (κ3) is 4.43. The van der Waals surface area contributed by atoms with Crippen molar-refractivity contribution in [1.29, 1.82) is 0 Å². The molecule has 3 aromatic rings. The van der Waals surface area contributed by atoms with Gasteiger partial charge in [-0.1, -0.05) is 29.8 Å². The van der Waals surface area contributed by atoms with Gasteiger partial charge in [0.05, 0.1) is 19.1 Å². The molecule has 2 aromatic heterocycles. The summed E-state index contributed by atoms with van der Waals surface area (Å²) in [4.78, 5) is 45.8. The van der Waals surface area contributed by atoms with E-state index >= 15 is 0 Å². The van der Waals surface area contributed by atoms with Crippen LogP contribution in [-0.2, 0) is 24.3 Å². The molecule has 0 unspecified atom stereocenters. The second-order valence-electron chi connectivity index (χ2n) is 9.11. The Morgan fingerprint density at radius 3 is 2.71 bits per heavy atom. The van der Waals surface area contributed by atoms with Gasteiger partial charge in [-0.25, -0.2) is 4.98 Å². The zero-order valence-corrected chi connectivity index (χ0v) is 20.0. The van der Waals surface area contributed by atoms with Crippen molar-refractivity contribution in [3.63, 3.8) is 0 Å². The Hall–Kier alpha value is -3.59. The number of nitrogens with zero attached hydrogens (tertiary/aromatic N) is 3. The van der Waals surface area contributed by atoms with Gasteiger partial charge in [-0.05, 0) is 43.5 Å². The minimum atomic E-state index is -1.12. The Kier molecular flexibility index (Phi) is 6.10. The van der Waals surface area contributed by atoms with Crippen molar-refractivity contribution in [2.75, 3.05) is 6.54 Å². The van der Waals surface area contributed by atoms with Crippen molar-refractivity contribution in [2.45, 2.75) is 50.9 Å². The molecule has 1 atom stereocenters. The lowest BCUT2D eigenvalue weighted by atomic mass is 9.93. The van der Waals surface area contributed by atoms with Crippen molar-refractivity contribution in [2.24, 2.45) is 0 Å².